The van der Waals surface area contributed by atoms with E-state index in [1.54, 1.807) is 31.4 Å². The fourth-order valence-corrected chi connectivity index (χ4v) is 2.25. The Kier molecular flexibility index (Phi) is 5.29. The zero-order valence-electron chi connectivity index (χ0n) is 12.7. The van der Waals surface area contributed by atoms with Gasteiger partial charge in [-0.2, -0.15) is 5.26 Å². The molecule has 1 atom stereocenters. The molecule has 22 heavy (non-hydrogen) atoms. The number of rotatable bonds is 5. The molecule has 0 saturated heterocycles. The minimum atomic E-state index is -0.191. The van der Waals surface area contributed by atoms with Crippen LogP contribution in [0.25, 0.3) is 0 Å². The van der Waals surface area contributed by atoms with Crippen LogP contribution in [-0.4, -0.2) is 19.6 Å². The van der Waals surface area contributed by atoms with Crippen LogP contribution in [0.2, 0.25) is 0 Å². The Morgan fingerprint density at radius 3 is 2.50 bits per heavy atom. The van der Waals surface area contributed by atoms with Crippen LogP contribution in [0, 0.1) is 18.3 Å². The van der Waals surface area contributed by atoms with Crippen molar-refractivity contribution < 1.29 is 9.53 Å². The molecule has 0 saturated carbocycles. The maximum Gasteiger partial charge on any atom is 0.251 e. The van der Waals surface area contributed by atoms with Crippen molar-refractivity contribution in [1.82, 2.24) is 5.32 Å². The Morgan fingerprint density at radius 2 is 1.91 bits per heavy atom. The first kappa shape index (κ1) is 15.7. The first-order chi connectivity index (χ1) is 10.7. The second-order valence-corrected chi connectivity index (χ2v) is 4.98. The molecule has 0 bridgehead atoms. The maximum absolute atomic E-state index is 12.1. The molecule has 4 nitrogen and oxygen atoms in total. The number of nitrogens with zero attached hydrogens (tertiary/aromatic N) is 1. The van der Waals surface area contributed by atoms with Gasteiger partial charge in [0.15, 0.2) is 0 Å². The highest BCUT2D eigenvalue weighted by atomic mass is 16.5. The van der Waals surface area contributed by atoms with Gasteiger partial charge in [-0.3, -0.25) is 4.79 Å². The molecule has 0 spiro atoms. The Labute approximate surface area is 130 Å². The summed E-state index contributed by atoms with van der Waals surface area (Å²) in [5.41, 5.74) is 3.25. The van der Waals surface area contributed by atoms with Gasteiger partial charge in [0.25, 0.3) is 5.91 Å². The Morgan fingerprint density at radius 1 is 1.23 bits per heavy atom. The molecular formula is C18H18N2O2. The average Bonchev–Trinajstić information content (AvgIpc) is 2.56. The first-order valence-corrected chi connectivity index (χ1v) is 7.02. The highest BCUT2D eigenvalue weighted by molar-refractivity contribution is 5.94. The number of hydrogen-bond acceptors (Lipinski definition) is 3. The summed E-state index contributed by atoms with van der Waals surface area (Å²) in [6.07, 6.45) is -0.191. The lowest BCUT2D eigenvalue weighted by atomic mass is 10.0. The molecule has 0 aromatic heterocycles. The van der Waals surface area contributed by atoms with Crippen molar-refractivity contribution in [3.63, 3.8) is 0 Å². The predicted molar refractivity (Wildman–Crippen MR) is 84.4 cm³/mol. The normalized spacial score (nSPS) is 11.5. The molecule has 0 heterocycles. The molecule has 0 aliphatic rings. The molecular weight excluding hydrogens is 276 g/mol. The third kappa shape index (κ3) is 3.72. The number of carbonyl (C=O) groups excluding carboxylic acids is 1. The molecule has 112 valence electrons. The van der Waals surface area contributed by atoms with Crippen molar-refractivity contribution in [2.75, 3.05) is 13.7 Å². The minimum Gasteiger partial charge on any atom is -0.375 e. The lowest BCUT2D eigenvalue weighted by molar-refractivity contribution is 0.0826. The largest absolute Gasteiger partial charge is 0.375 e. The predicted octanol–water partition coefficient (Wildman–Crippen LogP) is 2.98. The Hall–Kier alpha value is -2.64. The lowest BCUT2D eigenvalue weighted by Crippen LogP contribution is -2.29. The average molecular weight is 294 g/mol. The molecule has 0 fully saturated rings. The SMILES string of the molecule is CO[C@H](CNC(=O)c1ccc(C#N)cc1)c1ccccc1C. The second-order valence-electron chi connectivity index (χ2n) is 4.98. The number of hydrogen-bond donors (Lipinski definition) is 1. The van der Waals surface area contributed by atoms with E-state index in [2.05, 4.69) is 5.32 Å². The fourth-order valence-electron chi connectivity index (χ4n) is 2.25. The van der Waals surface area contributed by atoms with Crippen LogP contribution >= 0.6 is 0 Å². The van der Waals surface area contributed by atoms with E-state index in [-0.39, 0.29) is 12.0 Å². The monoisotopic (exact) mass is 294 g/mol. The van der Waals surface area contributed by atoms with Gasteiger partial charge in [-0.05, 0) is 42.3 Å². The summed E-state index contributed by atoms with van der Waals surface area (Å²) in [7, 11) is 1.63. The van der Waals surface area contributed by atoms with Crippen molar-refractivity contribution in [2.24, 2.45) is 0 Å². The number of methoxy groups -OCH3 is 1. The van der Waals surface area contributed by atoms with E-state index in [0.717, 1.165) is 11.1 Å². The summed E-state index contributed by atoms with van der Waals surface area (Å²) in [5, 5.41) is 11.6. The Balaban J connectivity index is 2.02. The zero-order chi connectivity index (χ0) is 15.9. The van der Waals surface area contributed by atoms with E-state index >= 15 is 0 Å². The molecule has 1 amide bonds. The standard InChI is InChI=1S/C18H18N2O2/c1-13-5-3-4-6-16(13)17(22-2)12-20-18(21)15-9-7-14(11-19)8-10-15/h3-10,17H,12H2,1-2H3,(H,20,21)/t17-/m1/s1. The van der Waals surface area contributed by atoms with E-state index in [1.165, 1.54) is 0 Å². The van der Waals surface area contributed by atoms with Crippen LogP contribution in [0.15, 0.2) is 48.5 Å². The third-order valence-electron chi connectivity index (χ3n) is 3.54. The van der Waals surface area contributed by atoms with Crippen molar-refractivity contribution in [2.45, 2.75) is 13.0 Å². The van der Waals surface area contributed by atoms with E-state index in [0.29, 0.717) is 17.7 Å². The van der Waals surface area contributed by atoms with E-state index in [9.17, 15) is 4.79 Å². The summed E-state index contributed by atoms with van der Waals surface area (Å²) in [6, 6.07) is 16.5. The summed E-state index contributed by atoms with van der Waals surface area (Å²) in [5.74, 6) is -0.180. The van der Waals surface area contributed by atoms with Gasteiger partial charge in [-0.1, -0.05) is 24.3 Å². The number of nitrogens with one attached hydrogen (secondary N) is 1. The molecule has 0 unspecified atom stereocenters. The quantitative estimate of drug-likeness (QED) is 0.922. The maximum atomic E-state index is 12.1. The minimum absolute atomic E-state index is 0.180. The third-order valence-corrected chi connectivity index (χ3v) is 3.54. The van der Waals surface area contributed by atoms with Gasteiger partial charge in [0.05, 0.1) is 17.7 Å². The van der Waals surface area contributed by atoms with Gasteiger partial charge >= 0.3 is 0 Å². The molecule has 2 aromatic carbocycles. The van der Waals surface area contributed by atoms with Gasteiger partial charge in [0.2, 0.25) is 0 Å². The first-order valence-electron chi connectivity index (χ1n) is 7.02. The van der Waals surface area contributed by atoms with Crippen LogP contribution < -0.4 is 5.32 Å². The number of ether oxygens (including phenoxy) is 1. The van der Waals surface area contributed by atoms with Crippen LogP contribution in [-0.2, 0) is 4.74 Å². The highest BCUT2D eigenvalue weighted by Crippen LogP contribution is 2.19. The van der Waals surface area contributed by atoms with Gasteiger partial charge < -0.3 is 10.1 Å². The van der Waals surface area contributed by atoms with Crippen molar-refractivity contribution >= 4 is 5.91 Å². The van der Waals surface area contributed by atoms with E-state index in [1.807, 2.05) is 37.3 Å². The number of carbonyl (C=O) groups is 1. The van der Waals surface area contributed by atoms with Gasteiger partial charge in [0, 0.05) is 19.2 Å². The van der Waals surface area contributed by atoms with Crippen LogP contribution in [0.3, 0.4) is 0 Å². The summed E-state index contributed by atoms with van der Waals surface area (Å²) >= 11 is 0. The molecule has 0 aliphatic carbocycles. The highest BCUT2D eigenvalue weighted by Gasteiger charge is 2.14. The molecule has 4 heteroatoms. The van der Waals surface area contributed by atoms with Gasteiger partial charge in [-0.25, -0.2) is 0 Å². The van der Waals surface area contributed by atoms with Crippen molar-refractivity contribution in [3.8, 4) is 6.07 Å². The summed E-state index contributed by atoms with van der Waals surface area (Å²) in [6.45, 7) is 2.41. The molecule has 0 radical (unpaired) electrons. The summed E-state index contributed by atoms with van der Waals surface area (Å²) < 4.78 is 5.48. The van der Waals surface area contributed by atoms with Gasteiger partial charge in [0.1, 0.15) is 0 Å². The molecule has 0 aliphatic heterocycles. The zero-order valence-corrected chi connectivity index (χ0v) is 12.7. The molecule has 2 rings (SSSR count). The lowest BCUT2D eigenvalue weighted by Gasteiger charge is -2.18. The van der Waals surface area contributed by atoms with E-state index < -0.39 is 0 Å². The topological polar surface area (TPSA) is 62.1 Å². The number of aryl methyl sites for hydroxylation is 1. The van der Waals surface area contributed by atoms with Crippen LogP contribution in [0.1, 0.15) is 33.2 Å². The Bertz CT molecular complexity index is 687. The van der Waals surface area contributed by atoms with Gasteiger partial charge in [-0.15, -0.1) is 0 Å². The molecule has 1 N–H and O–H groups in total. The number of amides is 1. The van der Waals surface area contributed by atoms with Crippen LogP contribution in [0.4, 0.5) is 0 Å². The van der Waals surface area contributed by atoms with Crippen molar-refractivity contribution in [3.05, 3.63) is 70.8 Å². The summed E-state index contributed by atoms with van der Waals surface area (Å²) in [4.78, 5) is 12.1. The van der Waals surface area contributed by atoms with Crippen LogP contribution in [0.5, 0.6) is 0 Å². The fraction of sp³-hybridized carbons (Fsp3) is 0.222. The number of nitriles is 1. The second kappa shape index (κ2) is 7.39. The van der Waals surface area contributed by atoms with E-state index in [4.69, 9.17) is 10.00 Å². The van der Waals surface area contributed by atoms with Crippen molar-refractivity contribution in [1.29, 1.82) is 5.26 Å². The smallest absolute Gasteiger partial charge is 0.251 e. The molecule has 2 aromatic rings. The number of benzene rings is 2.